The Morgan fingerprint density at radius 3 is 1.21 bits per heavy atom. The fraction of sp³-hybridized carbons (Fsp3) is 0.344. The molecule has 0 heterocycles. The van der Waals surface area contributed by atoms with Crippen molar-refractivity contribution < 1.29 is 28.6 Å². The first-order valence-electron chi connectivity index (χ1n) is 13.2. The normalized spacial score (nSPS) is 11.0. The Labute approximate surface area is 224 Å². The van der Waals surface area contributed by atoms with Crippen LogP contribution in [-0.4, -0.2) is 17.9 Å². The highest BCUT2D eigenvalue weighted by molar-refractivity contribution is 6.17. The predicted octanol–water partition coefficient (Wildman–Crippen LogP) is 6.56. The molecule has 0 unspecified atom stereocenters. The summed E-state index contributed by atoms with van der Waals surface area (Å²) in [7, 11) is 0. The summed E-state index contributed by atoms with van der Waals surface area (Å²) >= 11 is 0. The molecule has 3 rings (SSSR count). The van der Waals surface area contributed by atoms with Crippen molar-refractivity contribution >= 4 is 17.9 Å². The van der Waals surface area contributed by atoms with Crippen molar-refractivity contribution in [2.45, 2.75) is 65.3 Å². The van der Waals surface area contributed by atoms with Crippen LogP contribution < -0.4 is 0 Å². The first-order chi connectivity index (χ1) is 18.6. The van der Waals surface area contributed by atoms with Crippen LogP contribution in [0.2, 0.25) is 0 Å². The van der Waals surface area contributed by atoms with E-state index in [1.165, 1.54) is 0 Å². The van der Waals surface area contributed by atoms with E-state index in [4.69, 9.17) is 14.2 Å². The summed E-state index contributed by atoms with van der Waals surface area (Å²) in [4.78, 5) is 40.9. The summed E-state index contributed by atoms with van der Waals surface area (Å²) in [5, 5.41) is 0. The van der Waals surface area contributed by atoms with Gasteiger partial charge in [0.05, 0.1) is 0 Å². The van der Waals surface area contributed by atoms with Crippen LogP contribution in [0.5, 0.6) is 0 Å². The molecule has 0 saturated heterocycles. The third-order valence-corrected chi connectivity index (χ3v) is 6.34. The number of unbranched alkanes of at least 4 members (excludes halogenated alkanes) is 4. The minimum absolute atomic E-state index is 0.0500. The number of hydrogen-bond donors (Lipinski definition) is 0. The molecule has 0 aliphatic heterocycles. The Morgan fingerprint density at radius 1 is 0.526 bits per heavy atom. The quantitative estimate of drug-likeness (QED) is 0.0985. The molecule has 3 aromatic rings. The topological polar surface area (TPSA) is 78.9 Å². The lowest BCUT2D eigenvalue weighted by molar-refractivity contribution is -0.187. The van der Waals surface area contributed by atoms with Gasteiger partial charge in [-0.25, -0.2) is 0 Å². The summed E-state index contributed by atoms with van der Waals surface area (Å²) in [6.07, 6.45) is 4.20. The van der Waals surface area contributed by atoms with Gasteiger partial charge in [0.1, 0.15) is 19.8 Å². The van der Waals surface area contributed by atoms with Crippen LogP contribution >= 0.6 is 0 Å². The van der Waals surface area contributed by atoms with Crippen molar-refractivity contribution in [3.63, 3.8) is 0 Å². The first kappa shape index (κ1) is 28.6. The van der Waals surface area contributed by atoms with E-state index < -0.39 is 23.3 Å². The minimum Gasteiger partial charge on any atom is -0.460 e. The summed E-state index contributed by atoms with van der Waals surface area (Å²) in [5.74, 6) is -2.85. The molecular formula is C32H36O6. The van der Waals surface area contributed by atoms with Gasteiger partial charge < -0.3 is 14.2 Å². The number of benzene rings is 3. The maximum Gasteiger partial charge on any atom is 0.335 e. The van der Waals surface area contributed by atoms with Crippen LogP contribution in [0.1, 0.15) is 62.1 Å². The zero-order valence-corrected chi connectivity index (χ0v) is 22.0. The van der Waals surface area contributed by atoms with E-state index in [9.17, 15) is 14.4 Å². The van der Waals surface area contributed by atoms with Crippen LogP contribution in [-0.2, 0) is 48.4 Å². The van der Waals surface area contributed by atoms with Crippen molar-refractivity contribution in [1.82, 2.24) is 0 Å². The first-order valence-corrected chi connectivity index (χ1v) is 13.2. The van der Waals surface area contributed by atoms with E-state index in [0.29, 0.717) is 6.42 Å². The standard InChI is InChI=1S/C32H36O6/c1-2-3-4-5-15-22-32(29(33)36-23-26-16-9-6-10-17-26,30(34)37-24-27-18-11-7-12-19-27)31(35)38-25-28-20-13-8-14-21-28/h6-14,16-21H,2-5,15,22-25H2,1H3. The number of carbonyl (C=O) groups excluding carboxylic acids is 3. The van der Waals surface area contributed by atoms with Crippen molar-refractivity contribution in [2.24, 2.45) is 5.41 Å². The number of hydrogen-bond acceptors (Lipinski definition) is 6. The SMILES string of the molecule is CCCCCCCC(C(=O)OCc1ccccc1)(C(=O)OCc1ccccc1)C(=O)OCc1ccccc1. The summed E-state index contributed by atoms with van der Waals surface area (Å²) in [6, 6.07) is 27.4. The molecule has 0 aliphatic carbocycles. The molecule has 3 aromatic carbocycles. The molecule has 0 spiro atoms. The highest BCUT2D eigenvalue weighted by Gasteiger charge is 2.57. The highest BCUT2D eigenvalue weighted by atomic mass is 16.6. The maximum absolute atomic E-state index is 13.6. The van der Waals surface area contributed by atoms with Gasteiger partial charge in [-0.15, -0.1) is 0 Å². The summed E-state index contributed by atoms with van der Waals surface area (Å²) in [5.41, 5.74) is 0.0129. The van der Waals surface area contributed by atoms with E-state index in [1.54, 1.807) is 36.4 Å². The van der Waals surface area contributed by atoms with Crippen molar-refractivity contribution in [3.05, 3.63) is 108 Å². The molecule has 6 heteroatoms. The molecule has 6 nitrogen and oxygen atoms in total. The van der Waals surface area contributed by atoms with Gasteiger partial charge in [0, 0.05) is 0 Å². The Hall–Kier alpha value is -3.93. The molecular weight excluding hydrogens is 480 g/mol. The Bertz CT molecular complexity index is 994. The molecule has 0 radical (unpaired) electrons. The fourth-order valence-corrected chi connectivity index (χ4v) is 4.09. The third-order valence-electron chi connectivity index (χ3n) is 6.34. The van der Waals surface area contributed by atoms with Gasteiger partial charge in [0.25, 0.3) is 5.41 Å². The van der Waals surface area contributed by atoms with Crippen molar-refractivity contribution in [2.75, 3.05) is 0 Å². The average molecular weight is 517 g/mol. The lowest BCUT2D eigenvalue weighted by Gasteiger charge is -2.27. The second kappa shape index (κ2) is 15.4. The van der Waals surface area contributed by atoms with Gasteiger partial charge in [-0.1, -0.05) is 130 Å². The summed E-state index contributed by atoms with van der Waals surface area (Å²) in [6.45, 7) is 1.88. The molecule has 200 valence electrons. The maximum atomic E-state index is 13.6. The Balaban J connectivity index is 1.86. The zero-order valence-electron chi connectivity index (χ0n) is 22.0. The van der Waals surface area contributed by atoms with Gasteiger partial charge in [0.2, 0.25) is 0 Å². The molecule has 0 N–H and O–H groups in total. The number of carbonyl (C=O) groups is 3. The smallest absolute Gasteiger partial charge is 0.335 e. The van der Waals surface area contributed by atoms with Gasteiger partial charge in [-0.2, -0.15) is 0 Å². The molecule has 0 amide bonds. The van der Waals surface area contributed by atoms with E-state index in [2.05, 4.69) is 6.92 Å². The predicted molar refractivity (Wildman–Crippen MR) is 145 cm³/mol. The lowest BCUT2D eigenvalue weighted by atomic mass is 9.82. The molecule has 0 aliphatic rings. The number of esters is 3. The minimum atomic E-state index is -2.22. The highest BCUT2D eigenvalue weighted by Crippen LogP contribution is 2.33. The Kier molecular flexibility index (Phi) is 11.6. The zero-order chi connectivity index (χ0) is 27.1. The number of ether oxygens (including phenoxy) is 3. The molecule has 0 fully saturated rings. The van der Waals surface area contributed by atoms with Gasteiger partial charge >= 0.3 is 17.9 Å². The molecule has 0 aromatic heterocycles. The molecule has 0 saturated carbocycles. The van der Waals surface area contributed by atoms with Gasteiger partial charge in [0.15, 0.2) is 0 Å². The lowest BCUT2D eigenvalue weighted by Crippen LogP contribution is -2.49. The second-order valence-electron chi connectivity index (χ2n) is 9.25. The van der Waals surface area contributed by atoms with Crippen LogP contribution in [0.15, 0.2) is 91.0 Å². The average Bonchev–Trinajstić information content (AvgIpc) is 2.97. The third kappa shape index (κ3) is 8.30. The summed E-state index contributed by atoms with van der Waals surface area (Å²) < 4.78 is 16.7. The van der Waals surface area contributed by atoms with Crippen LogP contribution in [0, 0.1) is 5.41 Å². The van der Waals surface area contributed by atoms with Crippen LogP contribution in [0.4, 0.5) is 0 Å². The Morgan fingerprint density at radius 2 is 0.868 bits per heavy atom. The fourth-order valence-electron chi connectivity index (χ4n) is 4.09. The largest absolute Gasteiger partial charge is 0.460 e. The van der Waals surface area contributed by atoms with Gasteiger partial charge in [-0.05, 0) is 23.1 Å². The second-order valence-corrected chi connectivity index (χ2v) is 9.25. The van der Waals surface area contributed by atoms with E-state index in [1.807, 2.05) is 54.6 Å². The van der Waals surface area contributed by atoms with Crippen molar-refractivity contribution in [3.8, 4) is 0 Å². The van der Waals surface area contributed by atoms with E-state index >= 15 is 0 Å². The van der Waals surface area contributed by atoms with Crippen LogP contribution in [0.3, 0.4) is 0 Å². The monoisotopic (exact) mass is 516 g/mol. The van der Waals surface area contributed by atoms with E-state index in [0.717, 1.165) is 42.4 Å². The van der Waals surface area contributed by atoms with E-state index in [-0.39, 0.29) is 26.2 Å². The van der Waals surface area contributed by atoms with Crippen molar-refractivity contribution in [1.29, 1.82) is 0 Å². The number of rotatable bonds is 15. The van der Waals surface area contributed by atoms with Crippen LogP contribution in [0.25, 0.3) is 0 Å². The molecule has 0 bridgehead atoms. The molecule has 38 heavy (non-hydrogen) atoms. The molecule has 0 atom stereocenters. The van der Waals surface area contributed by atoms with Gasteiger partial charge in [-0.3, -0.25) is 14.4 Å².